The SMILES string of the molecule is c1ccc(-c2ccnc(-c3ccc(-n4c5ccc(-c6cccc(-c7ccc8c(c7)c7ccccc7n8-c7ccccc7)c6)cc5c5cc(N(c6ccccc6)c6ccccc6)ccc54)cc3)n2)cc1. The Morgan fingerprint density at radius 3 is 1.39 bits per heavy atom. The molecule has 0 amide bonds. The molecule has 0 aliphatic rings. The first-order chi connectivity index (χ1) is 34.2. The molecule has 5 nitrogen and oxygen atoms in total. The van der Waals surface area contributed by atoms with Crippen LogP contribution < -0.4 is 4.90 Å². The van der Waals surface area contributed by atoms with Crippen molar-refractivity contribution in [2.24, 2.45) is 0 Å². The van der Waals surface area contributed by atoms with Crippen molar-refractivity contribution in [2.75, 3.05) is 4.90 Å². The summed E-state index contributed by atoms with van der Waals surface area (Å²) in [7, 11) is 0. The van der Waals surface area contributed by atoms with E-state index in [0.717, 1.165) is 67.4 Å². The van der Waals surface area contributed by atoms with Crippen molar-refractivity contribution < 1.29 is 0 Å². The molecule has 0 radical (unpaired) electrons. The molecule has 3 heterocycles. The van der Waals surface area contributed by atoms with E-state index in [1.165, 1.54) is 43.7 Å². The minimum atomic E-state index is 0.697. The molecule has 0 unspecified atom stereocenters. The summed E-state index contributed by atoms with van der Waals surface area (Å²) in [4.78, 5) is 12.0. The molecule has 10 aromatic carbocycles. The summed E-state index contributed by atoms with van der Waals surface area (Å²) in [5.74, 6) is 0.697. The molecule has 0 saturated carbocycles. The quantitative estimate of drug-likeness (QED) is 0.145. The minimum Gasteiger partial charge on any atom is -0.310 e. The molecule has 0 bridgehead atoms. The summed E-state index contributed by atoms with van der Waals surface area (Å²) in [6.07, 6.45) is 1.84. The Labute approximate surface area is 400 Å². The second-order valence-electron chi connectivity index (χ2n) is 17.5. The van der Waals surface area contributed by atoms with E-state index in [1.54, 1.807) is 0 Å². The van der Waals surface area contributed by atoms with Gasteiger partial charge in [0.15, 0.2) is 5.82 Å². The van der Waals surface area contributed by atoms with Gasteiger partial charge in [-0.1, -0.05) is 133 Å². The summed E-state index contributed by atoms with van der Waals surface area (Å²) >= 11 is 0. The van der Waals surface area contributed by atoms with Crippen LogP contribution in [0.2, 0.25) is 0 Å². The lowest BCUT2D eigenvalue weighted by atomic mass is 9.97. The predicted molar refractivity (Wildman–Crippen MR) is 287 cm³/mol. The maximum absolute atomic E-state index is 4.96. The van der Waals surface area contributed by atoms with Gasteiger partial charge in [-0.05, 0) is 144 Å². The Morgan fingerprint density at radius 1 is 0.290 bits per heavy atom. The number of para-hydroxylation sites is 4. The van der Waals surface area contributed by atoms with E-state index in [1.807, 2.05) is 30.5 Å². The largest absolute Gasteiger partial charge is 0.310 e. The van der Waals surface area contributed by atoms with Gasteiger partial charge in [-0.15, -0.1) is 0 Å². The highest BCUT2D eigenvalue weighted by Gasteiger charge is 2.19. The summed E-state index contributed by atoms with van der Waals surface area (Å²) < 4.78 is 4.75. The van der Waals surface area contributed by atoms with Crippen molar-refractivity contribution in [2.45, 2.75) is 0 Å². The first-order valence-electron chi connectivity index (χ1n) is 23.4. The van der Waals surface area contributed by atoms with E-state index >= 15 is 0 Å². The lowest BCUT2D eigenvalue weighted by Crippen LogP contribution is -2.09. The van der Waals surface area contributed by atoms with Crippen LogP contribution >= 0.6 is 0 Å². The molecule has 69 heavy (non-hydrogen) atoms. The van der Waals surface area contributed by atoms with Crippen LogP contribution in [-0.4, -0.2) is 19.1 Å². The highest BCUT2D eigenvalue weighted by molar-refractivity contribution is 6.13. The fourth-order valence-electron chi connectivity index (χ4n) is 10.1. The molecule has 0 saturated heterocycles. The zero-order valence-electron chi connectivity index (χ0n) is 37.6. The number of nitrogens with zero attached hydrogens (tertiary/aromatic N) is 5. The Bertz CT molecular complexity index is 3950. The Kier molecular flexibility index (Phi) is 9.76. The Balaban J connectivity index is 0.941. The van der Waals surface area contributed by atoms with E-state index in [2.05, 4.69) is 250 Å². The first kappa shape index (κ1) is 40.0. The van der Waals surface area contributed by atoms with E-state index in [0.29, 0.717) is 5.82 Å². The van der Waals surface area contributed by atoms with Crippen LogP contribution in [-0.2, 0) is 0 Å². The van der Waals surface area contributed by atoms with Gasteiger partial charge >= 0.3 is 0 Å². The second kappa shape index (κ2) is 16.8. The van der Waals surface area contributed by atoms with Crippen molar-refractivity contribution in [3.63, 3.8) is 0 Å². The van der Waals surface area contributed by atoms with Crippen molar-refractivity contribution in [3.8, 4) is 56.3 Å². The van der Waals surface area contributed by atoms with Crippen molar-refractivity contribution in [1.29, 1.82) is 0 Å². The van der Waals surface area contributed by atoms with Crippen LogP contribution in [0.1, 0.15) is 0 Å². The molecule has 0 fully saturated rings. The van der Waals surface area contributed by atoms with Gasteiger partial charge in [0, 0.05) is 67.3 Å². The fourth-order valence-corrected chi connectivity index (χ4v) is 10.1. The van der Waals surface area contributed by atoms with E-state index < -0.39 is 0 Å². The van der Waals surface area contributed by atoms with Gasteiger partial charge in [-0.3, -0.25) is 0 Å². The maximum Gasteiger partial charge on any atom is 0.159 e. The molecule has 0 atom stereocenters. The monoisotopic (exact) mass is 881 g/mol. The number of benzene rings is 10. The zero-order chi connectivity index (χ0) is 45.7. The van der Waals surface area contributed by atoms with Crippen molar-refractivity contribution in [1.82, 2.24) is 19.1 Å². The Morgan fingerprint density at radius 2 is 0.754 bits per heavy atom. The first-order valence-corrected chi connectivity index (χ1v) is 23.4. The molecule has 0 N–H and O–H groups in total. The molecular formula is C64H43N5. The number of rotatable bonds is 9. The van der Waals surface area contributed by atoms with Crippen molar-refractivity contribution >= 4 is 60.7 Å². The maximum atomic E-state index is 4.96. The van der Waals surface area contributed by atoms with Gasteiger partial charge in [0.2, 0.25) is 0 Å². The predicted octanol–water partition coefficient (Wildman–Crippen LogP) is 16.8. The van der Waals surface area contributed by atoms with Gasteiger partial charge in [-0.2, -0.15) is 0 Å². The average molecular weight is 882 g/mol. The topological polar surface area (TPSA) is 38.9 Å². The Hall–Kier alpha value is -9.32. The number of hydrogen-bond acceptors (Lipinski definition) is 3. The molecular weight excluding hydrogens is 839 g/mol. The average Bonchev–Trinajstić information content (AvgIpc) is 3.94. The normalized spacial score (nSPS) is 11.5. The van der Waals surface area contributed by atoms with Crippen LogP contribution in [0.3, 0.4) is 0 Å². The molecule has 13 aromatic rings. The lowest BCUT2D eigenvalue weighted by molar-refractivity contribution is 1.16. The van der Waals surface area contributed by atoms with Gasteiger partial charge in [0.1, 0.15) is 0 Å². The van der Waals surface area contributed by atoms with Crippen LogP contribution in [0.15, 0.2) is 261 Å². The summed E-state index contributed by atoms with van der Waals surface area (Å²) in [5.41, 5.74) is 17.8. The minimum absolute atomic E-state index is 0.697. The summed E-state index contributed by atoms with van der Waals surface area (Å²) in [6.45, 7) is 0. The zero-order valence-corrected chi connectivity index (χ0v) is 37.6. The van der Waals surface area contributed by atoms with E-state index in [4.69, 9.17) is 4.98 Å². The third-order valence-electron chi connectivity index (χ3n) is 13.4. The molecule has 0 aliphatic heterocycles. The molecule has 324 valence electrons. The van der Waals surface area contributed by atoms with Gasteiger partial charge in [0.25, 0.3) is 0 Å². The molecule has 5 heteroatoms. The summed E-state index contributed by atoms with van der Waals surface area (Å²) in [6, 6.07) is 91.1. The summed E-state index contributed by atoms with van der Waals surface area (Å²) in [5, 5.41) is 4.83. The number of hydrogen-bond donors (Lipinski definition) is 0. The van der Waals surface area contributed by atoms with E-state index in [9.17, 15) is 0 Å². The lowest BCUT2D eigenvalue weighted by Gasteiger charge is -2.25. The van der Waals surface area contributed by atoms with Crippen molar-refractivity contribution in [3.05, 3.63) is 261 Å². The van der Waals surface area contributed by atoms with Crippen LogP contribution in [0.25, 0.3) is 99.9 Å². The standard InChI is InChI=1S/C64H43N5/c1-5-16-44(17-6-1)59-38-39-65-64(66-59)45-28-32-53(33-29-45)69-62-36-31-49(42-57(62)58-43-54(34-37-63(58)69)67(50-20-7-2-8-21-50)51-22-9-3-10-23-51)47-19-15-18-46(40-47)48-30-35-61-56(41-48)55-26-13-14-27-60(55)68(61)52-24-11-4-12-25-52/h1-43H. The van der Waals surface area contributed by atoms with Gasteiger partial charge in [0.05, 0.1) is 27.8 Å². The molecule has 0 aliphatic carbocycles. The van der Waals surface area contributed by atoms with Crippen LogP contribution in [0, 0.1) is 0 Å². The van der Waals surface area contributed by atoms with Gasteiger partial charge in [-0.25, -0.2) is 9.97 Å². The molecule has 0 spiro atoms. The highest BCUT2D eigenvalue weighted by Crippen LogP contribution is 2.42. The van der Waals surface area contributed by atoms with Crippen LogP contribution in [0.5, 0.6) is 0 Å². The highest BCUT2D eigenvalue weighted by atomic mass is 15.1. The molecule has 3 aromatic heterocycles. The third-order valence-corrected chi connectivity index (χ3v) is 13.4. The second-order valence-corrected chi connectivity index (χ2v) is 17.5. The molecule has 13 rings (SSSR count). The number of anilines is 3. The van der Waals surface area contributed by atoms with Gasteiger partial charge < -0.3 is 14.0 Å². The number of fused-ring (bicyclic) bond motifs is 6. The van der Waals surface area contributed by atoms with E-state index in [-0.39, 0.29) is 0 Å². The van der Waals surface area contributed by atoms with Crippen LogP contribution in [0.4, 0.5) is 17.1 Å². The third kappa shape index (κ3) is 7.12. The smallest absolute Gasteiger partial charge is 0.159 e. The fraction of sp³-hybridized carbons (Fsp3) is 0. The number of aromatic nitrogens is 4.